The molecule has 0 bridgehead atoms. The summed E-state index contributed by atoms with van der Waals surface area (Å²) in [5.74, 6) is -0.0431. The standard InChI is InChI=1S/C12H16N6O5/c1-17-3-6(15-16-17)5-2-18(12(22)14-10(5)13)11-9(21)8(20)7(4-19)23-11/h2-3,7-9,11,19-21H,4H2,1H3,(H2,13,14,22). The van der Waals surface area contributed by atoms with Crippen LogP contribution in [-0.2, 0) is 11.8 Å². The van der Waals surface area contributed by atoms with E-state index in [4.69, 9.17) is 15.6 Å². The van der Waals surface area contributed by atoms with Gasteiger partial charge < -0.3 is 25.8 Å². The minimum absolute atomic E-state index is 0.0431. The molecule has 0 aromatic carbocycles. The Morgan fingerprint density at radius 1 is 1.35 bits per heavy atom. The van der Waals surface area contributed by atoms with Gasteiger partial charge in [-0.15, -0.1) is 5.10 Å². The molecular weight excluding hydrogens is 308 g/mol. The molecule has 3 rings (SSSR count). The summed E-state index contributed by atoms with van der Waals surface area (Å²) in [4.78, 5) is 15.7. The molecule has 1 aliphatic rings. The quantitative estimate of drug-likeness (QED) is 0.468. The zero-order valence-electron chi connectivity index (χ0n) is 12.1. The highest BCUT2D eigenvalue weighted by molar-refractivity contribution is 5.68. The maximum atomic E-state index is 12.1. The smallest absolute Gasteiger partial charge is 0.351 e. The minimum atomic E-state index is -1.40. The van der Waals surface area contributed by atoms with Gasteiger partial charge in [0.15, 0.2) is 6.23 Å². The lowest BCUT2D eigenvalue weighted by Gasteiger charge is -2.18. The summed E-state index contributed by atoms with van der Waals surface area (Å²) in [5.41, 5.74) is 5.71. The topological polar surface area (TPSA) is 162 Å². The molecule has 4 atom stereocenters. The van der Waals surface area contributed by atoms with E-state index in [9.17, 15) is 15.0 Å². The number of rotatable bonds is 3. The van der Waals surface area contributed by atoms with Crippen LogP contribution in [0, 0.1) is 0 Å². The van der Waals surface area contributed by atoms with Crippen LogP contribution < -0.4 is 11.4 Å². The number of hydrogen-bond acceptors (Lipinski definition) is 9. The fraction of sp³-hybridized carbons (Fsp3) is 0.500. The molecule has 0 saturated carbocycles. The minimum Gasteiger partial charge on any atom is -0.394 e. The van der Waals surface area contributed by atoms with Crippen LogP contribution >= 0.6 is 0 Å². The molecule has 2 aromatic rings. The van der Waals surface area contributed by atoms with E-state index in [1.54, 1.807) is 13.2 Å². The third kappa shape index (κ3) is 2.59. The van der Waals surface area contributed by atoms with Crippen molar-refractivity contribution in [3.05, 3.63) is 22.9 Å². The summed E-state index contributed by atoms with van der Waals surface area (Å²) >= 11 is 0. The fourth-order valence-corrected chi connectivity index (χ4v) is 2.44. The summed E-state index contributed by atoms with van der Waals surface area (Å²) < 4.78 is 7.79. The van der Waals surface area contributed by atoms with Crippen LogP contribution in [0.25, 0.3) is 11.3 Å². The van der Waals surface area contributed by atoms with Crippen molar-refractivity contribution in [3.63, 3.8) is 0 Å². The molecule has 4 unspecified atom stereocenters. The lowest BCUT2D eigenvalue weighted by molar-refractivity contribution is -0.0548. The molecule has 124 valence electrons. The van der Waals surface area contributed by atoms with E-state index < -0.39 is 36.8 Å². The number of hydrogen-bond donors (Lipinski definition) is 4. The first-order valence-electron chi connectivity index (χ1n) is 6.80. The predicted molar refractivity (Wildman–Crippen MR) is 75.9 cm³/mol. The molecule has 3 heterocycles. The Morgan fingerprint density at radius 2 is 2.09 bits per heavy atom. The molecule has 0 radical (unpaired) electrons. The Kier molecular flexibility index (Phi) is 3.85. The largest absolute Gasteiger partial charge is 0.394 e. The summed E-state index contributed by atoms with van der Waals surface area (Å²) in [5, 5.41) is 36.6. The van der Waals surface area contributed by atoms with Gasteiger partial charge in [-0.1, -0.05) is 5.21 Å². The molecule has 0 amide bonds. The normalized spacial score (nSPS) is 27.5. The van der Waals surface area contributed by atoms with E-state index in [1.165, 1.54) is 10.9 Å². The van der Waals surface area contributed by atoms with Crippen LogP contribution in [0.5, 0.6) is 0 Å². The molecule has 0 aliphatic carbocycles. The van der Waals surface area contributed by atoms with Gasteiger partial charge in [0.1, 0.15) is 29.8 Å². The monoisotopic (exact) mass is 324 g/mol. The van der Waals surface area contributed by atoms with Crippen molar-refractivity contribution in [2.75, 3.05) is 12.3 Å². The molecule has 5 N–H and O–H groups in total. The highest BCUT2D eigenvalue weighted by Gasteiger charge is 2.44. The number of anilines is 1. The van der Waals surface area contributed by atoms with Crippen molar-refractivity contribution < 1.29 is 20.1 Å². The zero-order valence-corrected chi connectivity index (χ0v) is 12.1. The number of nitrogen functional groups attached to an aromatic ring is 1. The van der Waals surface area contributed by atoms with Crippen molar-refractivity contribution in [3.8, 4) is 11.3 Å². The summed E-state index contributed by atoms with van der Waals surface area (Å²) in [6, 6.07) is 0. The Bertz CT molecular complexity index is 774. The number of nitrogens with two attached hydrogens (primary N) is 1. The van der Waals surface area contributed by atoms with Gasteiger partial charge in [-0.25, -0.2) is 4.79 Å². The predicted octanol–water partition coefficient (Wildman–Crippen LogP) is -2.77. The van der Waals surface area contributed by atoms with Gasteiger partial charge >= 0.3 is 5.69 Å². The molecule has 2 aromatic heterocycles. The molecule has 1 fully saturated rings. The van der Waals surface area contributed by atoms with E-state index in [0.717, 1.165) is 4.57 Å². The second-order valence-corrected chi connectivity index (χ2v) is 5.24. The Labute approximate surface area is 129 Å². The molecule has 0 spiro atoms. The zero-order chi connectivity index (χ0) is 16.7. The molecular formula is C12H16N6O5. The van der Waals surface area contributed by atoms with E-state index in [2.05, 4.69) is 15.3 Å². The van der Waals surface area contributed by atoms with Gasteiger partial charge in [0.05, 0.1) is 18.4 Å². The molecule has 11 nitrogen and oxygen atoms in total. The first-order valence-corrected chi connectivity index (χ1v) is 6.80. The summed E-state index contributed by atoms with van der Waals surface area (Å²) in [7, 11) is 1.67. The number of aromatic nitrogens is 5. The maximum absolute atomic E-state index is 12.1. The van der Waals surface area contributed by atoms with E-state index in [1.807, 2.05) is 0 Å². The first-order chi connectivity index (χ1) is 10.9. The second kappa shape index (κ2) is 5.70. The van der Waals surface area contributed by atoms with Crippen molar-refractivity contribution in [1.29, 1.82) is 0 Å². The van der Waals surface area contributed by atoms with Gasteiger partial charge in [0.25, 0.3) is 0 Å². The average Bonchev–Trinajstić information content (AvgIpc) is 3.05. The number of nitrogens with zero attached hydrogens (tertiary/aromatic N) is 5. The molecule has 1 aliphatic heterocycles. The van der Waals surface area contributed by atoms with Gasteiger partial charge in [-0.3, -0.25) is 9.25 Å². The first kappa shape index (κ1) is 15.6. The lowest BCUT2D eigenvalue weighted by Crippen LogP contribution is -2.36. The number of ether oxygens (including phenoxy) is 1. The summed E-state index contributed by atoms with van der Waals surface area (Å²) in [6.45, 7) is -0.497. The van der Waals surface area contributed by atoms with E-state index in [-0.39, 0.29) is 5.82 Å². The lowest BCUT2D eigenvalue weighted by atomic mass is 10.1. The molecule has 11 heteroatoms. The van der Waals surface area contributed by atoms with Crippen molar-refractivity contribution in [2.45, 2.75) is 24.5 Å². The summed E-state index contributed by atoms with van der Waals surface area (Å²) in [6.07, 6.45) is -2.01. The maximum Gasteiger partial charge on any atom is 0.351 e. The van der Waals surface area contributed by atoms with Crippen LogP contribution in [0.4, 0.5) is 5.82 Å². The van der Waals surface area contributed by atoms with Crippen molar-refractivity contribution >= 4 is 5.82 Å². The van der Waals surface area contributed by atoms with Crippen LogP contribution in [-0.4, -0.2) is 64.8 Å². The highest BCUT2D eigenvalue weighted by Crippen LogP contribution is 2.30. The number of aliphatic hydroxyl groups is 3. The SMILES string of the molecule is Cn1cc(-c2cn(C3OC(CO)C(O)C3O)c(=O)nc2N)nn1. The van der Waals surface area contributed by atoms with Crippen molar-refractivity contribution in [1.82, 2.24) is 24.5 Å². The second-order valence-electron chi connectivity index (χ2n) is 5.24. The van der Waals surface area contributed by atoms with E-state index in [0.29, 0.717) is 11.3 Å². The third-order valence-electron chi connectivity index (χ3n) is 3.65. The fourth-order valence-electron chi connectivity index (χ4n) is 2.44. The number of aliphatic hydroxyl groups excluding tert-OH is 3. The third-order valence-corrected chi connectivity index (χ3v) is 3.65. The molecule has 23 heavy (non-hydrogen) atoms. The Balaban J connectivity index is 2.05. The number of aryl methyl sites for hydroxylation is 1. The highest BCUT2D eigenvalue weighted by atomic mass is 16.6. The van der Waals surface area contributed by atoms with Gasteiger partial charge in [0.2, 0.25) is 0 Å². The average molecular weight is 324 g/mol. The Hall–Kier alpha value is -2.34. The Morgan fingerprint density at radius 3 is 2.65 bits per heavy atom. The molecule has 1 saturated heterocycles. The van der Waals surface area contributed by atoms with Gasteiger partial charge in [0, 0.05) is 13.2 Å². The van der Waals surface area contributed by atoms with Crippen molar-refractivity contribution in [2.24, 2.45) is 7.05 Å². The van der Waals surface area contributed by atoms with Crippen LogP contribution in [0.15, 0.2) is 17.2 Å². The van der Waals surface area contributed by atoms with Gasteiger partial charge in [-0.05, 0) is 0 Å². The van der Waals surface area contributed by atoms with Crippen LogP contribution in [0.2, 0.25) is 0 Å². The van der Waals surface area contributed by atoms with E-state index >= 15 is 0 Å². The van der Waals surface area contributed by atoms with Gasteiger partial charge in [-0.2, -0.15) is 4.98 Å². The van der Waals surface area contributed by atoms with Crippen LogP contribution in [0.1, 0.15) is 6.23 Å². The van der Waals surface area contributed by atoms with Crippen LogP contribution in [0.3, 0.4) is 0 Å².